The second-order valence-electron chi connectivity index (χ2n) is 8.69. The zero-order chi connectivity index (χ0) is 24.5. The second-order valence-corrected chi connectivity index (χ2v) is 8.69. The summed E-state index contributed by atoms with van der Waals surface area (Å²) in [5, 5.41) is 0. The summed E-state index contributed by atoms with van der Waals surface area (Å²) in [6.07, 6.45) is 1.72. The highest BCUT2D eigenvalue weighted by Crippen LogP contribution is 2.38. The fourth-order valence-electron chi connectivity index (χ4n) is 5.02. The average molecular weight is 480 g/mol. The van der Waals surface area contributed by atoms with E-state index in [2.05, 4.69) is 0 Å². The highest BCUT2D eigenvalue weighted by molar-refractivity contribution is 5.94. The molecule has 2 aliphatic rings. The number of hydrogen-bond acceptors (Lipinski definition) is 6. The summed E-state index contributed by atoms with van der Waals surface area (Å²) in [6, 6.07) is 10.7. The zero-order valence-electron chi connectivity index (χ0n) is 20.0. The first kappa shape index (κ1) is 23.0. The van der Waals surface area contributed by atoms with Crippen LogP contribution in [0.1, 0.15) is 48.7 Å². The van der Waals surface area contributed by atoms with Gasteiger partial charge < -0.3 is 19.1 Å². The monoisotopic (exact) mass is 479 g/mol. The van der Waals surface area contributed by atoms with Gasteiger partial charge in [-0.25, -0.2) is 9.59 Å². The van der Waals surface area contributed by atoms with Gasteiger partial charge in [0, 0.05) is 13.1 Å². The number of carbonyl (C=O) groups is 2. The van der Waals surface area contributed by atoms with Gasteiger partial charge in [0.1, 0.15) is 19.8 Å². The van der Waals surface area contributed by atoms with Gasteiger partial charge in [-0.3, -0.25) is 13.9 Å². The molecule has 0 radical (unpaired) electrons. The number of carbonyl (C=O) groups excluding carboxylic acids is 2. The Kier molecular flexibility index (Phi) is 6.23. The van der Waals surface area contributed by atoms with Crippen LogP contribution in [0, 0.1) is 0 Å². The number of imidazole rings is 1. The van der Waals surface area contributed by atoms with Crippen LogP contribution in [0.4, 0.5) is 0 Å². The SMILES string of the molecule is CCOC(=O)c1ccc2c(c1)n(CC(=O)N1CCC[C@H]1c1ccc3c(c1)OCCO3)c(=O)n2CC. The van der Waals surface area contributed by atoms with E-state index in [1.807, 2.05) is 30.0 Å². The lowest BCUT2D eigenvalue weighted by molar-refractivity contribution is -0.132. The van der Waals surface area contributed by atoms with Crippen molar-refractivity contribution in [3.63, 3.8) is 0 Å². The molecule has 0 spiro atoms. The molecule has 1 saturated heterocycles. The van der Waals surface area contributed by atoms with Crippen molar-refractivity contribution in [3.8, 4) is 11.5 Å². The molecule has 1 fully saturated rings. The van der Waals surface area contributed by atoms with Crippen LogP contribution >= 0.6 is 0 Å². The van der Waals surface area contributed by atoms with Crippen LogP contribution < -0.4 is 15.2 Å². The third-order valence-electron chi connectivity index (χ3n) is 6.66. The Bertz CT molecular complexity index is 1340. The van der Waals surface area contributed by atoms with E-state index in [0.717, 1.165) is 18.4 Å². The number of benzene rings is 2. The molecule has 9 nitrogen and oxygen atoms in total. The number of likely N-dealkylation sites (tertiary alicyclic amines) is 1. The molecule has 2 aromatic carbocycles. The van der Waals surface area contributed by atoms with Crippen LogP contribution in [-0.2, 0) is 22.6 Å². The van der Waals surface area contributed by atoms with Gasteiger partial charge in [0.25, 0.3) is 0 Å². The van der Waals surface area contributed by atoms with E-state index in [-0.39, 0.29) is 30.8 Å². The van der Waals surface area contributed by atoms with Crippen molar-refractivity contribution in [2.24, 2.45) is 0 Å². The minimum atomic E-state index is -0.456. The largest absolute Gasteiger partial charge is 0.486 e. The van der Waals surface area contributed by atoms with E-state index in [9.17, 15) is 14.4 Å². The number of aromatic nitrogens is 2. The van der Waals surface area contributed by atoms with E-state index in [4.69, 9.17) is 14.2 Å². The molecule has 184 valence electrons. The molecule has 1 atom stereocenters. The number of ether oxygens (including phenoxy) is 3. The Morgan fingerprint density at radius 3 is 2.57 bits per heavy atom. The molecule has 5 rings (SSSR count). The molecule has 1 amide bonds. The van der Waals surface area contributed by atoms with E-state index in [1.165, 1.54) is 4.57 Å². The maximum Gasteiger partial charge on any atom is 0.338 e. The van der Waals surface area contributed by atoms with Gasteiger partial charge in [-0.15, -0.1) is 0 Å². The first-order valence-electron chi connectivity index (χ1n) is 12.1. The first-order valence-corrected chi connectivity index (χ1v) is 12.1. The molecular formula is C26H29N3O6. The highest BCUT2D eigenvalue weighted by atomic mass is 16.6. The first-order chi connectivity index (χ1) is 17.0. The summed E-state index contributed by atoms with van der Waals surface area (Å²) >= 11 is 0. The number of aryl methyl sites for hydroxylation is 1. The lowest BCUT2D eigenvalue weighted by Crippen LogP contribution is -2.36. The van der Waals surface area contributed by atoms with Crippen molar-refractivity contribution in [3.05, 3.63) is 58.0 Å². The molecular weight excluding hydrogens is 450 g/mol. The third kappa shape index (κ3) is 4.15. The Morgan fingerprint density at radius 1 is 1.00 bits per heavy atom. The molecule has 0 unspecified atom stereocenters. The summed E-state index contributed by atoms with van der Waals surface area (Å²) < 4.78 is 19.5. The van der Waals surface area contributed by atoms with Gasteiger partial charge in [-0.2, -0.15) is 0 Å². The molecule has 0 bridgehead atoms. The molecule has 3 aromatic rings. The molecule has 35 heavy (non-hydrogen) atoms. The van der Waals surface area contributed by atoms with Crippen molar-refractivity contribution in [2.45, 2.75) is 45.8 Å². The van der Waals surface area contributed by atoms with Crippen LogP contribution in [0.2, 0.25) is 0 Å². The molecule has 0 aliphatic carbocycles. The normalized spacial score (nSPS) is 17.1. The van der Waals surface area contributed by atoms with Crippen LogP contribution in [-0.4, -0.2) is 52.3 Å². The van der Waals surface area contributed by atoms with Crippen LogP contribution in [0.25, 0.3) is 11.0 Å². The van der Waals surface area contributed by atoms with Gasteiger partial charge >= 0.3 is 11.7 Å². The third-order valence-corrected chi connectivity index (χ3v) is 6.66. The Hall–Kier alpha value is -3.75. The van der Waals surface area contributed by atoms with E-state index >= 15 is 0 Å². The smallest absolute Gasteiger partial charge is 0.338 e. The lowest BCUT2D eigenvalue weighted by Gasteiger charge is -2.27. The topological polar surface area (TPSA) is 92.0 Å². The predicted molar refractivity (Wildman–Crippen MR) is 129 cm³/mol. The maximum absolute atomic E-state index is 13.5. The summed E-state index contributed by atoms with van der Waals surface area (Å²) in [5.74, 6) is 0.817. The van der Waals surface area contributed by atoms with Crippen molar-refractivity contribution >= 4 is 22.9 Å². The van der Waals surface area contributed by atoms with E-state index in [1.54, 1.807) is 29.7 Å². The number of amides is 1. The van der Waals surface area contributed by atoms with Crippen LogP contribution in [0.3, 0.4) is 0 Å². The van der Waals surface area contributed by atoms with Gasteiger partial charge in [-0.1, -0.05) is 6.07 Å². The van der Waals surface area contributed by atoms with E-state index in [0.29, 0.717) is 54.4 Å². The van der Waals surface area contributed by atoms with Gasteiger partial charge in [0.15, 0.2) is 11.5 Å². The molecule has 9 heteroatoms. The summed E-state index contributed by atoms with van der Waals surface area (Å²) in [4.78, 5) is 40.8. The minimum absolute atomic E-state index is 0.0938. The number of hydrogen-bond donors (Lipinski definition) is 0. The summed E-state index contributed by atoms with van der Waals surface area (Å²) in [7, 11) is 0. The van der Waals surface area contributed by atoms with Gasteiger partial charge in [-0.05, 0) is 62.6 Å². The van der Waals surface area contributed by atoms with Gasteiger partial charge in [0.2, 0.25) is 5.91 Å². The number of rotatable bonds is 6. The molecule has 0 saturated carbocycles. The standard InChI is InChI=1S/C26H29N3O6/c1-3-27-20-9-7-18(25(31)33-4-2)14-21(20)29(26(27)32)16-24(30)28-11-5-6-19(28)17-8-10-22-23(15-17)35-13-12-34-22/h7-10,14-15,19H,3-6,11-13,16H2,1-2H3/t19-/m0/s1. The highest BCUT2D eigenvalue weighted by Gasteiger charge is 2.31. The Morgan fingerprint density at radius 2 is 1.80 bits per heavy atom. The number of nitrogens with zero attached hydrogens (tertiary/aromatic N) is 3. The molecule has 2 aliphatic heterocycles. The Balaban J connectivity index is 1.45. The van der Waals surface area contributed by atoms with Crippen molar-refractivity contribution in [1.29, 1.82) is 0 Å². The number of fused-ring (bicyclic) bond motifs is 2. The summed E-state index contributed by atoms with van der Waals surface area (Å²) in [5.41, 5.74) is 2.30. The predicted octanol–water partition coefficient (Wildman–Crippen LogP) is 3.13. The Labute approximate surface area is 202 Å². The van der Waals surface area contributed by atoms with Crippen LogP contribution in [0.5, 0.6) is 11.5 Å². The molecule has 3 heterocycles. The fourth-order valence-corrected chi connectivity index (χ4v) is 5.02. The van der Waals surface area contributed by atoms with Crippen molar-refractivity contribution in [1.82, 2.24) is 14.0 Å². The average Bonchev–Trinajstić information content (AvgIpc) is 3.47. The minimum Gasteiger partial charge on any atom is -0.486 e. The zero-order valence-corrected chi connectivity index (χ0v) is 20.0. The molecule has 1 aromatic heterocycles. The molecule has 0 N–H and O–H groups in total. The van der Waals surface area contributed by atoms with Crippen molar-refractivity contribution in [2.75, 3.05) is 26.4 Å². The number of esters is 1. The lowest BCUT2D eigenvalue weighted by atomic mass is 10.0. The fraction of sp³-hybridized carbons (Fsp3) is 0.423. The van der Waals surface area contributed by atoms with Gasteiger partial charge in [0.05, 0.1) is 29.2 Å². The second kappa shape index (κ2) is 9.48. The summed E-state index contributed by atoms with van der Waals surface area (Å²) in [6.45, 7) is 5.88. The van der Waals surface area contributed by atoms with Crippen LogP contribution in [0.15, 0.2) is 41.2 Å². The van der Waals surface area contributed by atoms with Crippen molar-refractivity contribution < 1.29 is 23.8 Å². The maximum atomic E-state index is 13.5. The van der Waals surface area contributed by atoms with E-state index < -0.39 is 5.97 Å². The quantitative estimate of drug-likeness (QED) is 0.505.